The number of piperidine rings is 1. The van der Waals surface area contributed by atoms with E-state index in [-0.39, 0.29) is 0 Å². The molecule has 3 atom stereocenters. The summed E-state index contributed by atoms with van der Waals surface area (Å²) in [5, 5.41) is 0. The predicted molar refractivity (Wildman–Crippen MR) is 103 cm³/mol. The van der Waals surface area contributed by atoms with E-state index in [0.29, 0.717) is 11.5 Å². The van der Waals surface area contributed by atoms with Crippen molar-refractivity contribution in [2.45, 2.75) is 56.5 Å². The van der Waals surface area contributed by atoms with E-state index in [4.69, 9.17) is 4.74 Å². The van der Waals surface area contributed by atoms with Gasteiger partial charge in [-0.1, -0.05) is 25.0 Å². The number of hydrogen-bond acceptors (Lipinski definition) is 3. The normalized spacial score (nSPS) is 30.3. The zero-order chi connectivity index (χ0) is 17.6. The molecular weight excluding hydrogens is 320 g/mol. The number of ether oxygens (including phenoxy) is 1. The molecule has 1 saturated carbocycles. The molecule has 0 amide bonds. The van der Waals surface area contributed by atoms with Gasteiger partial charge in [0.1, 0.15) is 5.75 Å². The van der Waals surface area contributed by atoms with Crippen LogP contribution in [0.4, 0.5) is 0 Å². The minimum atomic E-state index is 0.385. The highest BCUT2D eigenvalue weighted by Crippen LogP contribution is 2.56. The molecule has 0 N–H and O–H groups in total. The summed E-state index contributed by atoms with van der Waals surface area (Å²) in [6, 6.07) is 11.8. The maximum atomic E-state index is 5.58. The molecular formula is C23H28N2O. The van der Waals surface area contributed by atoms with Crippen LogP contribution in [0.5, 0.6) is 5.75 Å². The number of likely N-dealkylation sites (tertiary alicyclic amines) is 1. The highest BCUT2D eigenvalue weighted by molar-refractivity contribution is 5.45. The molecule has 2 aromatic rings. The van der Waals surface area contributed by atoms with Gasteiger partial charge in [0, 0.05) is 30.4 Å². The highest BCUT2D eigenvalue weighted by atomic mass is 16.5. The van der Waals surface area contributed by atoms with Crippen molar-refractivity contribution in [2.75, 3.05) is 13.7 Å². The Morgan fingerprint density at radius 2 is 2.19 bits per heavy atom. The Morgan fingerprint density at radius 3 is 3.04 bits per heavy atom. The zero-order valence-corrected chi connectivity index (χ0v) is 15.7. The first-order valence-corrected chi connectivity index (χ1v) is 10.1. The van der Waals surface area contributed by atoms with Gasteiger partial charge in [0.2, 0.25) is 0 Å². The topological polar surface area (TPSA) is 25.4 Å². The van der Waals surface area contributed by atoms with Crippen molar-refractivity contribution in [1.29, 1.82) is 0 Å². The van der Waals surface area contributed by atoms with Crippen LogP contribution in [-0.4, -0.2) is 29.6 Å². The van der Waals surface area contributed by atoms with Crippen molar-refractivity contribution < 1.29 is 4.74 Å². The maximum absolute atomic E-state index is 5.58. The van der Waals surface area contributed by atoms with Gasteiger partial charge in [0.25, 0.3) is 0 Å². The molecule has 1 aromatic heterocycles. The SMILES string of the molecule is COc1ccc2c(c1)[C@@]13CCCC[C@H]1[C@H](C2)N(Cc1cccnc1)CC3. The quantitative estimate of drug-likeness (QED) is 0.825. The molecule has 2 bridgehead atoms. The lowest BCUT2D eigenvalue weighted by atomic mass is 9.52. The van der Waals surface area contributed by atoms with Gasteiger partial charge in [-0.15, -0.1) is 0 Å². The summed E-state index contributed by atoms with van der Waals surface area (Å²) in [6.07, 6.45) is 11.9. The number of rotatable bonds is 3. The average molecular weight is 348 g/mol. The number of fused-ring (bicyclic) bond motifs is 1. The molecule has 26 heavy (non-hydrogen) atoms. The van der Waals surface area contributed by atoms with E-state index in [0.717, 1.165) is 18.2 Å². The van der Waals surface area contributed by atoms with Gasteiger partial charge in [0.15, 0.2) is 0 Å². The lowest BCUT2D eigenvalue weighted by molar-refractivity contribution is -0.0157. The molecule has 2 heterocycles. The lowest BCUT2D eigenvalue weighted by Crippen LogP contribution is -2.60. The number of pyridine rings is 1. The smallest absolute Gasteiger partial charge is 0.119 e. The van der Waals surface area contributed by atoms with Gasteiger partial charge in [0.05, 0.1) is 7.11 Å². The summed E-state index contributed by atoms with van der Waals surface area (Å²) in [7, 11) is 1.79. The Hall–Kier alpha value is -1.87. The number of aromatic nitrogens is 1. The summed E-state index contributed by atoms with van der Waals surface area (Å²) < 4.78 is 5.58. The molecule has 2 fully saturated rings. The number of hydrogen-bond donors (Lipinski definition) is 0. The van der Waals surface area contributed by atoms with Crippen molar-refractivity contribution >= 4 is 0 Å². The van der Waals surface area contributed by atoms with Crippen molar-refractivity contribution in [3.8, 4) is 5.75 Å². The van der Waals surface area contributed by atoms with Crippen LogP contribution in [0, 0.1) is 5.92 Å². The van der Waals surface area contributed by atoms with Crippen molar-refractivity contribution in [3.63, 3.8) is 0 Å². The number of methoxy groups -OCH3 is 1. The van der Waals surface area contributed by atoms with Crippen LogP contribution in [-0.2, 0) is 18.4 Å². The summed E-state index contributed by atoms with van der Waals surface area (Å²) in [5.41, 5.74) is 4.90. The molecule has 1 saturated heterocycles. The number of benzene rings is 1. The maximum Gasteiger partial charge on any atom is 0.119 e. The van der Waals surface area contributed by atoms with E-state index in [1.807, 2.05) is 12.4 Å². The standard InChI is InChI=1S/C23H28N2O/c1-26-19-8-7-18-13-22-20-6-2-3-9-23(20,21(18)14-19)10-12-25(22)16-17-5-4-11-24-15-17/h4-5,7-8,11,14-15,20,22H,2-3,6,9-10,12-13,16H2,1H3/t20-,22-,23+/m0/s1. The van der Waals surface area contributed by atoms with Crippen LogP contribution >= 0.6 is 0 Å². The summed E-state index contributed by atoms with van der Waals surface area (Å²) >= 11 is 0. The fourth-order valence-corrected chi connectivity index (χ4v) is 6.11. The molecule has 3 heteroatoms. The summed E-state index contributed by atoms with van der Waals surface area (Å²) in [6.45, 7) is 2.24. The molecule has 2 aliphatic carbocycles. The van der Waals surface area contributed by atoms with Crippen molar-refractivity contribution in [3.05, 3.63) is 59.4 Å². The first-order chi connectivity index (χ1) is 12.8. The predicted octanol–water partition coefficient (Wildman–Crippen LogP) is 4.35. The third-order valence-electron chi connectivity index (χ3n) is 7.27. The molecule has 3 nitrogen and oxygen atoms in total. The molecule has 3 aliphatic rings. The van der Waals surface area contributed by atoms with Crippen LogP contribution in [0.15, 0.2) is 42.7 Å². The van der Waals surface area contributed by atoms with Gasteiger partial charge in [-0.05, 0) is 73.0 Å². The van der Waals surface area contributed by atoms with Gasteiger partial charge in [-0.3, -0.25) is 9.88 Å². The van der Waals surface area contributed by atoms with Crippen molar-refractivity contribution in [2.24, 2.45) is 5.92 Å². The largest absolute Gasteiger partial charge is 0.497 e. The molecule has 1 aromatic carbocycles. The average Bonchev–Trinajstić information content (AvgIpc) is 2.70. The first-order valence-electron chi connectivity index (χ1n) is 10.1. The van der Waals surface area contributed by atoms with Crippen LogP contribution in [0.25, 0.3) is 0 Å². The fraction of sp³-hybridized carbons (Fsp3) is 0.522. The Bertz CT molecular complexity index is 790. The third kappa shape index (κ3) is 2.48. The molecule has 0 unspecified atom stereocenters. The monoisotopic (exact) mass is 348 g/mol. The Morgan fingerprint density at radius 1 is 1.23 bits per heavy atom. The van der Waals surface area contributed by atoms with Crippen LogP contribution in [0.3, 0.4) is 0 Å². The summed E-state index contributed by atoms with van der Waals surface area (Å²) in [5.74, 6) is 1.82. The number of nitrogens with zero attached hydrogens (tertiary/aromatic N) is 2. The molecule has 5 rings (SSSR count). The zero-order valence-electron chi connectivity index (χ0n) is 15.7. The Balaban J connectivity index is 1.53. The first kappa shape index (κ1) is 16.3. The van der Waals surface area contributed by atoms with E-state index >= 15 is 0 Å². The third-order valence-corrected chi connectivity index (χ3v) is 7.27. The summed E-state index contributed by atoms with van der Waals surface area (Å²) in [4.78, 5) is 7.07. The Kier molecular flexibility index (Phi) is 4.00. The van der Waals surface area contributed by atoms with Gasteiger partial charge in [-0.2, -0.15) is 0 Å². The second kappa shape index (κ2) is 6.38. The lowest BCUT2D eigenvalue weighted by Gasteiger charge is -2.59. The minimum Gasteiger partial charge on any atom is -0.497 e. The molecule has 0 spiro atoms. The van der Waals surface area contributed by atoms with E-state index < -0.39 is 0 Å². The van der Waals surface area contributed by atoms with Gasteiger partial charge in [-0.25, -0.2) is 0 Å². The second-order valence-corrected chi connectivity index (χ2v) is 8.38. The van der Waals surface area contributed by atoms with Gasteiger partial charge < -0.3 is 4.74 Å². The molecule has 136 valence electrons. The second-order valence-electron chi connectivity index (χ2n) is 8.38. The van der Waals surface area contributed by atoms with Gasteiger partial charge >= 0.3 is 0 Å². The van der Waals surface area contributed by atoms with E-state index in [1.54, 1.807) is 18.2 Å². The van der Waals surface area contributed by atoms with E-state index in [9.17, 15) is 0 Å². The van der Waals surface area contributed by atoms with Crippen LogP contribution in [0.2, 0.25) is 0 Å². The molecule has 0 radical (unpaired) electrons. The fourth-order valence-electron chi connectivity index (χ4n) is 6.11. The van der Waals surface area contributed by atoms with Crippen molar-refractivity contribution in [1.82, 2.24) is 9.88 Å². The Labute approximate surface area is 156 Å². The van der Waals surface area contributed by atoms with Crippen LogP contribution < -0.4 is 4.74 Å². The minimum absolute atomic E-state index is 0.385. The highest BCUT2D eigenvalue weighted by Gasteiger charge is 2.53. The van der Waals surface area contributed by atoms with E-state index in [1.165, 1.54) is 50.6 Å². The molecule has 1 aliphatic heterocycles. The van der Waals surface area contributed by atoms with Crippen LogP contribution in [0.1, 0.15) is 48.8 Å². The van der Waals surface area contributed by atoms with E-state index in [2.05, 4.69) is 40.2 Å².